The van der Waals surface area contributed by atoms with Crippen molar-refractivity contribution in [2.24, 2.45) is 0 Å². The van der Waals surface area contributed by atoms with Crippen LogP contribution in [0.15, 0.2) is 30.3 Å². The quantitative estimate of drug-likeness (QED) is 0.748. The fourth-order valence-electron chi connectivity index (χ4n) is 0.415. The maximum atomic E-state index is 10.5. The van der Waals surface area contributed by atoms with Gasteiger partial charge in [0.05, 0.1) is 0 Å². The minimum Gasteiger partial charge on any atom is -0.479 e. The molecule has 2 nitrogen and oxygen atoms in total. The predicted molar refractivity (Wildman–Crippen MR) is 50.8 cm³/mol. The summed E-state index contributed by atoms with van der Waals surface area (Å²) in [5, 5.41) is 8.14. The van der Waals surface area contributed by atoms with Gasteiger partial charge in [0, 0.05) is 56.4 Å². The average Bonchev–Trinajstić information content (AvgIpc) is 2.07. The Morgan fingerprint density at radius 1 is 1.38 bits per heavy atom. The number of halogens is 2. The molecule has 1 radical (unpaired) electrons. The molecule has 0 aliphatic rings. The molecule has 0 bridgehead atoms. The molecule has 0 unspecified atom stereocenters. The Hall–Kier alpha value is 0.546. The second-order valence-electron chi connectivity index (χ2n) is 1.82. The van der Waals surface area contributed by atoms with Crippen molar-refractivity contribution in [3.05, 3.63) is 35.4 Å². The number of carboxylic acid groups (broad SMARTS) is 1. The minimum absolute atomic E-state index is 0. The summed E-state index contributed by atoms with van der Waals surface area (Å²) in [5.41, 5.74) is 0. The van der Waals surface area contributed by atoms with Crippen molar-refractivity contribution >= 4 is 69.0 Å². The molecular weight excluding hydrogens is 222 g/mol. The van der Waals surface area contributed by atoms with E-state index in [1.807, 2.05) is 30.3 Å². The van der Waals surface area contributed by atoms with E-state index < -0.39 is 12.6 Å². The minimum atomic E-state index is -1.41. The summed E-state index contributed by atoms with van der Waals surface area (Å²) in [6, 6.07) is 9.44. The molecule has 67 valence electrons. The summed E-state index contributed by atoms with van der Waals surface area (Å²) in [7, 11) is 0. The van der Waals surface area contributed by atoms with E-state index in [9.17, 15) is 4.39 Å². The van der Waals surface area contributed by atoms with Crippen molar-refractivity contribution < 1.29 is 14.3 Å². The fourth-order valence-corrected chi connectivity index (χ4v) is 0.560. The topological polar surface area (TPSA) is 37.3 Å². The number of benzene rings is 1. The van der Waals surface area contributed by atoms with Crippen molar-refractivity contribution in [1.82, 2.24) is 0 Å². The van der Waals surface area contributed by atoms with Crippen molar-refractivity contribution in [2.75, 3.05) is 6.67 Å². The van der Waals surface area contributed by atoms with Crippen LogP contribution in [0.3, 0.4) is 0 Å². The van der Waals surface area contributed by atoms with Gasteiger partial charge in [0.15, 0.2) is 6.67 Å². The van der Waals surface area contributed by atoms with Gasteiger partial charge >= 0.3 is 5.97 Å². The molecule has 0 atom stereocenters. The van der Waals surface area contributed by atoms with E-state index in [4.69, 9.17) is 21.5 Å². The van der Waals surface area contributed by atoms with E-state index in [1.54, 1.807) is 0 Å². The van der Waals surface area contributed by atoms with E-state index >= 15 is 0 Å². The van der Waals surface area contributed by atoms with Gasteiger partial charge in [0.1, 0.15) is 0 Å². The first kappa shape index (κ1) is 16.0. The van der Waals surface area contributed by atoms with Gasteiger partial charge in [-0.3, -0.25) is 0 Å². The summed E-state index contributed by atoms with van der Waals surface area (Å²) < 4.78 is 10.5. The molecule has 0 aliphatic heterocycles. The second-order valence-corrected chi connectivity index (χ2v) is 2.26. The molecule has 1 rings (SSSR count). The normalized spacial score (nSPS) is 7.54. The predicted octanol–water partition coefficient (Wildman–Crippen LogP) is 2.00. The summed E-state index contributed by atoms with van der Waals surface area (Å²) in [4.78, 5) is 8.99. The van der Waals surface area contributed by atoms with E-state index in [2.05, 4.69) is 0 Å². The monoisotopic (exact) mass is 229 g/mol. The van der Waals surface area contributed by atoms with Gasteiger partial charge < -0.3 is 5.11 Å². The molecule has 0 saturated heterocycles. The first-order valence-electron chi connectivity index (χ1n) is 3.15. The van der Waals surface area contributed by atoms with Crippen LogP contribution in [0.1, 0.15) is 0 Å². The van der Waals surface area contributed by atoms with Gasteiger partial charge in [0.25, 0.3) is 0 Å². The van der Waals surface area contributed by atoms with Gasteiger partial charge in [-0.25, -0.2) is 9.18 Å². The van der Waals surface area contributed by atoms with Gasteiger partial charge in [-0.15, -0.1) is 0 Å². The maximum absolute atomic E-state index is 10.5. The summed E-state index contributed by atoms with van der Waals surface area (Å²) in [6.45, 7) is -1.28. The van der Waals surface area contributed by atoms with Crippen LogP contribution in [0.25, 0.3) is 0 Å². The standard InChI is InChI=1S/C6H5Cl.C2H3FO2.K/c7-6-4-2-1-3-5-6;3-1-2(4)5;/h1-5H;1H2,(H,4,5);. The van der Waals surface area contributed by atoms with E-state index in [1.165, 1.54) is 0 Å². The van der Waals surface area contributed by atoms with Crippen LogP contribution in [-0.4, -0.2) is 69.1 Å². The van der Waals surface area contributed by atoms with Crippen LogP contribution < -0.4 is 0 Å². The molecule has 0 heterocycles. The molecule has 0 aromatic heterocycles. The molecule has 0 amide bonds. The first-order valence-corrected chi connectivity index (χ1v) is 3.53. The molecule has 5 heteroatoms. The zero-order chi connectivity index (χ0) is 9.40. The molecule has 0 saturated carbocycles. The summed E-state index contributed by atoms with van der Waals surface area (Å²) >= 11 is 5.54. The smallest absolute Gasteiger partial charge is 0.335 e. The summed E-state index contributed by atoms with van der Waals surface area (Å²) in [6.07, 6.45) is 0. The fraction of sp³-hybridized carbons (Fsp3) is 0.125. The van der Waals surface area contributed by atoms with Gasteiger partial charge in [0.2, 0.25) is 0 Å². The van der Waals surface area contributed by atoms with Crippen LogP contribution in [0.5, 0.6) is 0 Å². The van der Waals surface area contributed by atoms with Gasteiger partial charge in [-0.1, -0.05) is 29.8 Å². The molecule has 1 aromatic rings. The second kappa shape index (κ2) is 10.6. The number of alkyl halides is 1. The Morgan fingerprint density at radius 3 is 1.92 bits per heavy atom. The van der Waals surface area contributed by atoms with E-state index in [-0.39, 0.29) is 51.4 Å². The molecular formula is C8H8ClFKO2. The number of carboxylic acids is 1. The van der Waals surface area contributed by atoms with Crippen LogP contribution in [0.4, 0.5) is 4.39 Å². The van der Waals surface area contributed by atoms with Gasteiger partial charge in [-0.05, 0) is 12.1 Å². The number of carbonyl (C=O) groups is 1. The van der Waals surface area contributed by atoms with Crippen molar-refractivity contribution in [3.63, 3.8) is 0 Å². The Bertz CT molecular complexity index is 231. The van der Waals surface area contributed by atoms with Crippen LogP contribution in [-0.2, 0) is 4.79 Å². The molecule has 0 spiro atoms. The van der Waals surface area contributed by atoms with Crippen LogP contribution in [0.2, 0.25) is 5.02 Å². The van der Waals surface area contributed by atoms with Crippen LogP contribution in [0, 0.1) is 0 Å². The average molecular weight is 230 g/mol. The number of rotatable bonds is 1. The molecule has 13 heavy (non-hydrogen) atoms. The third-order valence-corrected chi connectivity index (χ3v) is 1.10. The SMILES string of the molecule is Clc1ccccc1.O=C(O)CF.[K]. The summed E-state index contributed by atoms with van der Waals surface area (Å²) in [5.74, 6) is -1.41. The van der Waals surface area contributed by atoms with Crippen LogP contribution >= 0.6 is 11.6 Å². The van der Waals surface area contributed by atoms with E-state index in [0.29, 0.717) is 0 Å². The number of hydrogen-bond acceptors (Lipinski definition) is 1. The third-order valence-electron chi connectivity index (χ3n) is 0.847. The molecule has 0 aliphatic carbocycles. The molecule has 1 aromatic carbocycles. The first-order chi connectivity index (χ1) is 5.66. The zero-order valence-electron chi connectivity index (χ0n) is 7.21. The van der Waals surface area contributed by atoms with Crippen molar-refractivity contribution in [1.29, 1.82) is 0 Å². The molecule has 1 N–H and O–H groups in total. The Morgan fingerprint density at radius 2 is 1.77 bits per heavy atom. The third kappa shape index (κ3) is 12.5. The largest absolute Gasteiger partial charge is 0.479 e. The Labute approximate surface area is 124 Å². The number of hydrogen-bond donors (Lipinski definition) is 1. The van der Waals surface area contributed by atoms with Crippen molar-refractivity contribution in [3.8, 4) is 0 Å². The van der Waals surface area contributed by atoms with Gasteiger partial charge in [-0.2, -0.15) is 0 Å². The Balaban J connectivity index is 0. The van der Waals surface area contributed by atoms with Crippen molar-refractivity contribution in [2.45, 2.75) is 0 Å². The van der Waals surface area contributed by atoms with E-state index in [0.717, 1.165) is 5.02 Å². The molecule has 0 fully saturated rings. The maximum Gasteiger partial charge on any atom is 0.335 e. The Kier molecular flexibility index (Phi) is 13.1. The zero-order valence-corrected chi connectivity index (χ0v) is 11.1. The number of aliphatic carboxylic acids is 1.